The quantitative estimate of drug-likeness (QED) is 0.768. The molecule has 3 nitrogen and oxygen atoms in total. The van der Waals surface area contributed by atoms with Gasteiger partial charge in [0.05, 0.1) is 6.04 Å². The van der Waals surface area contributed by atoms with E-state index in [4.69, 9.17) is 21.1 Å². The van der Waals surface area contributed by atoms with Gasteiger partial charge in [-0.1, -0.05) is 17.7 Å². The van der Waals surface area contributed by atoms with E-state index in [1.54, 1.807) is 0 Å². The lowest BCUT2D eigenvalue weighted by Gasteiger charge is -2.23. The monoisotopic (exact) mass is 415 g/mol. The summed E-state index contributed by atoms with van der Waals surface area (Å²) in [6.07, 6.45) is 0. The smallest absolute Gasteiger partial charge is 0.161 e. The lowest BCUT2D eigenvalue weighted by Crippen LogP contribution is -2.20. The van der Waals surface area contributed by atoms with E-state index >= 15 is 0 Å². The minimum Gasteiger partial charge on any atom is -0.486 e. The van der Waals surface area contributed by atoms with Crippen LogP contribution in [0.2, 0.25) is 5.02 Å². The molecule has 110 valence electrons. The molecular formula is C16H15ClINO2. The average molecular weight is 416 g/mol. The van der Waals surface area contributed by atoms with Gasteiger partial charge in [-0.25, -0.2) is 0 Å². The van der Waals surface area contributed by atoms with Crippen molar-refractivity contribution in [1.29, 1.82) is 0 Å². The Labute approximate surface area is 142 Å². The Morgan fingerprint density at radius 1 is 1.10 bits per heavy atom. The summed E-state index contributed by atoms with van der Waals surface area (Å²) in [6, 6.07) is 12.1. The fourth-order valence-corrected chi connectivity index (χ4v) is 3.30. The van der Waals surface area contributed by atoms with Gasteiger partial charge >= 0.3 is 0 Å². The molecule has 0 aromatic heterocycles. The van der Waals surface area contributed by atoms with Crippen molar-refractivity contribution in [1.82, 2.24) is 5.32 Å². The summed E-state index contributed by atoms with van der Waals surface area (Å²) < 4.78 is 12.4. The van der Waals surface area contributed by atoms with Gasteiger partial charge in [-0.15, -0.1) is 0 Å². The standard InChI is InChI=1S/C16H15ClINO2/c1-19-16(12-9-11(17)3-4-13(12)18)10-2-5-14-15(8-10)21-7-6-20-14/h2-5,8-9,16,19H,6-7H2,1H3. The van der Waals surface area contributed by atoms with Crippen molar-refractivity contribution in [3.8, 4) is 11.5 Å². The molecule has 0 bridgehead atoms. The average Bonchev–Trinajstić information content (AvgIpc) is 2.51. The van der Waals surface area contributed by atoms with E-state index in [9.17, 15) is 0 Å². The number of benzene rings is 2. The molecule has 0 saturated carbocycles. The van der Waals surface area contributed by atoms with Crippen LogP contribution in [0.25, 0.3) is 0 Å². The Balaban J connectivity index is 2.01. The van der Waals surface area contributed by atoms with Crippen molar-refractivity contribution < 1.29 is 9.47 Å². The third-order valence-corrected chi connectivity index (χ3v) is 4.67. The van der Waals surface area contributed by atoms with Crippen molar-refractivity contribution >= 4 is 34.2 Å². The summed E-state index contributed by atoms with van der Waals surface area (Å²) in [5, 5.41) is 4.09. The summed E-state index contributed by atoms with van der Waals surface area (Å²) in [7, 11) is 1.94. The fraction of sp³-hybridized carbons (Fsp3) is 0.250. The Bertz CT molecular complexity index is 663. The molecular weight excluding hydrogens is 401 g/mol. The first-order valence-corrected chi connectivity index (χ1v) is 8.16. The molecule has 1 N–H and O–H groups in total. The van der Waals surface area contributed by atoms with Gasteiger partial charge in [-0.2, -0.15) is 0 Å². The van der Waals surface area contributed by atoms with Crippen LogP contribution in [0.3, 0.4) is 0 Å². The normalized spacial score (nSPS) is 14.8. The van der Waals surface area contributed by atoms with Crippen LogP contribution in [0.5, 0.6) is 11.5 Å². The van der Waals surface area contributed by atoms with Crippen LogP contribution in [0, 0.1) is 3.57 Å². The second kappa shape index (κ2) is 6.42. The first-order chi connectivity index (χ1) is 10.2. The van der Waals surface area contributed by atoms with Crippen LogP contribution >= 0.6 is 34.2 Å². The molecule has 1 aliphatic heterocycles. The molecule has 1 aliphatic rings. The predicted molar refractivity (Wildman–Crippen MR) is 92.5 cm³/mol. The zero-order chi connectivity index (χ0) is 14.8. The van der Waals surface area contributed by atoms with E-state index in [2.05, 4.69) is 34.0 Å². The Morgan fingerprint density at radius 2 is 1.86 bits per heavy atom. The lowest BCUT2D eigenvalue weighted by molar-refractivity contribution is 0.171. The van der Waals surface area contributed by atoms with Crippen LogP contribution in [0.4, 0.5) is 0 Å². The van der Waals surface area contributed by atoms with Crippen LogP contribution in [-0.4, -0.2) is 20.3 Å². The van der Waals surface area contributed by atoms with E-state index in [1.165, 1.54) is 3.57 Å². The van der Waals surface area contributed by atoms with Gasteiger partial charge in [0.1, 0.15) is 13.2 Å². The highest BCUT2D eigenvalue weighted by atomic mass is 127. The molecule has 1 heterocycles. The second-order valence-electron chi connectivity index (χ2n) is 4.79. The summed E-state index contributed by atoms with van der Waals surface area (Å²) >= 11 is 8.48. The molecule has 0 aliphatic carbocycles. The molecule has 1 unspecified atom stereocenters. The van der Waals surface area contributed by atoms with Crippen LogP contribution < -0.4 is 14.8 Å². The molecule has 0 amide bonds. The van der Waals surface area contributed by atoms with Crippen molar-refractivity contribution in [2.45, 2.75) is 6.04 Å². The molecule has 5 heteroatoms. The molecule has 2 aromatic rings. The highest BCUT2D eigenvalue weighted by Crippen LogP contribution is 2.35. The molecule has 2 aromatic carbocycles. The first-order valence-electron chi connectivity index (χ1n) is 6.71. The van der Waals surface area contributed by atoms with Crippen LogP contribution in [0.15, 0.2) is 36.4 Å². The van der Waals surface area contributed by atoms with Gasteiger partial charge in [-0.05, 0) is 71.1 Å². The maximum atomic E-state index is 6.14. The number of ether oxygens (including phenoxy) is 2. The number of halogens is 2. The number of fused-ring (bicyclic) bond motifs is 1. The zero-order valence-corrected chi connectivity index (χ0v) is 14.4. The van der Waals surface area contributed by atoms with Crippen molar-refractivity contribution in [2.24, 2.45) is 0 Å². The minimum absolute atomic E-state index is 0.0615. The van der Waals surface area contributed by atoms with E-state index in [-0.39, 0.29) is 6.04 Å². The molecule has 0 radical (unpaired) electrons. The summed E-state index contributed by atoms with van der Waals surface area (Å²) in [5.74, 6) is 1.61. The number of hydrogen-bond acceptors (Lipinski definition) is 3. The van der Waals surface area contributed by atoms with E-state index in [1.807, 2.05) is 37.4 Å². The highest BCUT2D eigenvalue weighted by Gasteiger charge is 2.19. The van der Waals surface area contributed by atoms with E-state index in [0.717, 1.165) is 27.6 Å². The lowest BCUT2D eigenvalue weighted by atomic mass is 9.98. The van der Waals surface area contributed by atoms with Crippen molar-refractivity contribution in [3.05, 3.63) is 56.1 Å². The maximum absolute atomic E-state index is 6.14. The number of rotatable bonds is 3. The summed E-state index contributed by atoms with van der Waals surface area (Å²) in [4.78, 5) is 0. The SMILES string of the molecule is CNC(c1ccc2c(c1)OCCO2)c1cc(Cl)ccc1I. The molecule has 3 rings (SSSR count). The topological polar surface area (TPSA) is 30.5 Å². The molecule has 0 fully saturated rings. The van der Waals surface area contributed by atoms with Gasteiger partial charge in [0.2, 0.25) is 0 Å². The second-order valence-corrected chi connectivity index (χ2v) is 6.39. The highest BCUT2D eigenvalue weighted by molar-refractivity contribution is 14.1. The van der Waals surface area contributed by atoms with Gasteiger partial charge in [0, 0.05) is 8.59 Å². The van der Waals surface area contributed by atoms with Gasteiger partial charge < -0.3 is 14.8 Å². The minimum atomic E-state index is 0.0615. The number of nitrogens with one attached hydrogen (secondary N) is 1. The molecule has 0 saturated heterocycles. The predicted octanol–water partition coefficient (Wildman–Crippen LogP) is 4.02. The first kappa shape index (κ1) is 14.9. The van der Waals surface area contributed by atoms with Gasteiger partial charge in [-0.3, -0.25) is 0 Å². The van der Waals surface area contributed by atoms with Gasteiger partial charge in [0.15, 0.2) is 11.5 Å². The fourth-order valence-electron chi connectivity index (χ4n) is 2.48. The Hall–Kier alpha value is -0.980. The summed E-state index contributed by atoms with van der Waals surface area (Å²) in [6.45, 7) is 1.20. The maximum Gasteiger partial charge on any atom is 0.161 e. The number of hydrogen-bond donors (Lipinski definition) is 1. The molecule has 1 atom stereocenters. The van der Waals surface area contributed by atoms with Crippen LogP contribution in [-0.2, 0) is 0 Å². The third kappa shape index (κ3) is 3.12. The van der Waals surface area contributed by atoms with E-state index in [0.29, 0.717) is 13.2 Å². The third-order valence-electron chi connectivity index (χ3n) is 3.46. The van der Waals surface area contributed by atoms with Crippen LogP contribution in [0.1, 0.15) is 17.2 Å². The largest absolute Gasteiger partial charge is 0.486 e. The van der Waals surface area contributed by atoms with Crippen molar-refractivity contribution in [3.63, 3.8) is 0 Å². The van der Waals surface area contributed by atoms with Crippen molar-refractivity contribution in [2.75, 3.05) is 20.3 Å². The zero-order valence-electron chi connectivity index (χ0n) is 11.5. The summed E-state index contributed by atoms with van der Waals surface area (Å²) in [5.41, 5.74) is 2.28. The molecule has 0 spiro atoms. The molecule has 21 heavy (non-hydrogen) atoms. The Morgan fingerprint density at radius 3 is 2.62 bits per heavy atom. The van der Waals surface area contributed by atoms with E-state index < -0.39 is 0 Å². The van der Waals surface area contributed by atoms with Gasteiger partial charge in [0.25, 0.3) is 0 Å². The Kier molecular flexibility index (Phi) is 4.57.